The van der Waals surface area contributed by atoms with Gasteiger partial charge in [-0.1, -0.05) is 6.07 Å². The smallest absolute Gasteiger partial charge is 0.228 e. The van der Waals surface area contributed by atoms with Gasteiger partial charge in [0.1, 0.15) is 0 Å². The summed E-state index contributed by atoms with van der Waals surface area (Å²) >= 11 is 0. The maximum absolute atomic E-state index is 12.5. The topological polar surface area (TPSA) is 75.3 Å². The van der Waals surface area contributed by atoms with Crippen molar-refractivity contribution < 1.29 is 28.5 Å². The molecule has 0 aromatic heterocycles. The van der Waals surface area contributed by atoms with Crippen molar-refractivity contribution >= 4 is 11.6 Å². The summed E-state index contributed by atoms with van der Waals surface area (Å²) in [5, 5.41) is 2.85. The summed E-state index contributed by atoms with van der Waals surface area (Å²) in [7, 11) is 6.15. The minimum atomic E-state index is -0.202. The van der Waals surface area contributed by atoms with Crippen molar-refractivity contribution in [2.45, 2.75) is 13.3 Å². The molecule has 0 aliphatic heterocycles. The monoisotopic (exact) mass is 375 g/mol. The summed E-state index contributed by atoms with van der Waals surface area (Å²) < 4.78 is 26.8. The summed E-state index contributed by atoms with van der Waals surface area (Å²) in [5.41, 5.74) is 1.30. The van der Waals surface area contributed by atoms with Crippen LogP contribution in [0.15, 0.2) is 30.3 Å². The number of nitrogens with one attached hydrogen (secondary N) is 1. The zero-order valence-electron chi connectivity index (χ0n) is 16.3. The molecule has 7 heteroatoms. The highest BCUT2D eigenvalue weighted by atomic mass is 16.5. The van der Waals surface area contributed by atoms with Gasteiger partial charge in [0.2, 0.25) is 11.7 Å². The highest BCUT2D eigenvalue weighted by molar-refractivity contribution is 5.93. The number of anilines is 1. The number of amides is 1. The van der Waals surface area contributed by atoms with Crippen LogP contribution in [0.3, 0.4) is 0 Å². The number of rotatable bonds is 9. The first kappa shape index (κ1) is 20.2. The molecule has 0 unspecified atom stereocenters. The highest BCUT2D eigenvalue weighted by Crippen LogP contribution is 2.40. The van der Waals surface area contributed by atoms with Crippen molar-refractivity contribution in [3.8, 4) is 28.7 Å². The standard InChI is InChI=1S/C20H25NO6/c1-6-27-15-10-8-14(12-17(15)24-3)21-18(22)11-13-7-9-16(23-2)20(26-5)19(13)25-4/h7-10,12H,6,11H2,1-5H3,(H,21,22). The molecule has 0 heterocycles. The van der Waals surface area contributed by atoms with Crippen LogP contribution >= 0.6 is 0 Å². The molecule has 0 bridgehead atoms. The van der Waals surface area contributed by atoms with Crippen molar-refractivity contribution in [2.24, 2.45) is 0 Å². The lowest BCUT2D eigenvalue weighted by molar-refractivity contribution is -0.115. The van der Waals surface area contributed by atoms with E-state index in [4.69, 9.17) is 23.7 Å². The normalized spacial score (nSPS) is 10.1. The Hall–Kier alpha value is -3.09. The molecule has 1 N–H and O–H groups in total. The largest absolute Gasteiger partial charge is 0.493 e. The van der Waals surface area contributed by atoms with Gasteiger partial charge in [0, 0.05) is 17.3 Å². The van der Waals surface area contributed by atoms with Crippen molar-refractivity contribution in [2.75, 3.05) is 40.4 Å². The Morgan fingerprint density at radius 3 is 2.11 bits per heavy atom. The summed E-state index contributed by atoms with van der Waals surface area (Å²) in [6.07, 6.45) is 0.110. The first-order valence-corrected chi connectivity index (χ1v) is 8.46. The van der Waals surface area contributed by atoms with Crippen LogP contribution in [0.1, 0.15) is 12.5 Å². The summed E-state index contributed by atoms with van der Waals surface area (Å²) in [6.45, 7) is 2.42. The molecule has 0 fully saturated rings. The van der Waals surface area contributed by atoms with E-state index in [-0.39, 0.29) is 12.3 Å². The van der Waals surface area contributed by atoms with E-state index in [9.17, 15) is 4.79 Å². The Bertz CT molecular complexity index is 790. The van der Waals surface area contributed by atoms with E-state index in [0.717, 1.165) is 0 Å². The second-order valence-corrected chi connectivity index (χ2v) is 5.52. The molecule has 2 aromatic rings. The van der Waals surface area contributed by atoms with Gasteiger partial charge in [-0.25, -0.2) is 0 Å². The molecule has 0 spiro atoms. The zero-order chi connectivity index (χ0) is 19.8. The third-order valence-electron chi connectivity index (χ3n) is 3.88. The van der Waals surface area contributed by atoms with E-state index in [1.165, 1.54) is 14.2 Å². The summed E-state index contributed by atoms with van der Waals surface area (Å²) in [5.74, 6) is 2.43. The van der Waals surface area contributed by atoms with Crippen LogP contribution in [-0.2, 0) is 11.2 Å². The van der Waals surface area contributed by atoms with Gasteiger partial charge in [-0.2, -0.15) is 0 Å². The van der Waals surface area contributed by atoms with E-state index >= 15 is 0 Å². The molecular formula is C20H25NO6. The van der Waals surface area contributed by atoms with Crippen LogP contribution in [-0.4, -0.2) is 41.0 Å². The molecule has 0 radical (unpaired) electrons. The first-order chi connectivity index (χ1) is 13.1. The van der Waals surface area contributed by atoms with Gasteiger partial charge in [-0.15, -0.1) is 0 Å². The van der Waals surface area contributed by atoms with Crippen LogP contribution in [0.25, 0.3) is 0 Å². The third kappa shape index (κ3) is 4.75. The van der Waals surface area contributed by atoms with Crippen molar-refractivity contribution in [3.63, 3.8) is 0 Å². The Morgan fingerprint density at radius 1 is 0.852 bits per heavy atom. The number of carbonyl (C=O) groups excluding carboxylic acids is 1. The second kappa shape index (κ2) is 9.56. The molecule has 0 atom stereocenters. The molecular weight excluding hydrogens is 350 g/mol. The molecule has 2 aromatic carbocycles. The van der Waals surface area contributed by atoms with E-state index in [1.807, 2.05) is 6.92 Å². The maximum atomic E-state index is 12.5. The second-order valence-electron chi connectivity index (χ2n) is 5.52. The first-order valence-electron chi connectivity index (χ1n) is 8.46. The molecule has 1 amide bonds. The van der Waals surface area contributed by atoms with E-state index < -0.39 is 0 Å². The Morgan fingerprint density at radius 2 is 1.52 bits per heavy atom. The fourth-order valence-corrected chi connectivity index (χ4v) is 2.70. The van der Waals surface area contributed by atoms with Crippen LogP contribution in [0.2, 0.25) is 0 Å². The lowest BCUT2D eigenvalue weighted by Gasteiger charge is -2.16. The molecule has 2 rings (SSSR count). The summed E-state index contributed by atoms with van der Waals surface area (Å²) in [4.78, 5) is 12.5. The Balaban J connectivity index is 2.18. The maximum Gasteiger partial charge on any atom is 0.228 e. The van der Waals surface area contributed by atoms with Gasteiger partial charge in [0.05, 0.1) is 41.5 Å². The average Bonchev–Trinajstić information content (AvgIpc) is 2.68. The van der Waals surface area contributed by atoms with Gasteiger partial charge < -0.3 is 29.0 Å². The van der Waals surface area contributed by atoms with Crippen LogP contribution < -0.4 is 29.0 Å². The number of ether oxygens (including phenoxy) is 5. The number of hydrogen-bond acceptors (Lipinski definition) is 6. The van der Waals surface area contributed by atoms with E-state index in [2.05, 4.69) is 5.32 Å². The van der Waals surface area contributed by atoms with Crippen LogP contribution in [0.4, 0.5) is 5.69 Å². The van der Waals surface area contributed by atoms with Gasteiger partial charge in [-0.3, -0.25) is 4.79 Å². The number of carbonyl (C=O) groups is 1. The van der Waals surface area contributed by atoms with Crippen LogP contribution in [0, 0.1) is 0 Å². The number of benzene rings is 2. The Kier molecular flexibility index (Phi) is 7.16. The van der Waals surface area contributed by atoms with Gasteiger partial charge in [0.15, 0.2) is 23.0 Å². The molecule has 27 heavy (non-hydrogen) atoms. The van der Waals surface area contributed by atoms with Gasteiger partial charge in [-0.05, 0) is 25.1 Å². The summed E-state index contributed by atoms with van der Waals surface area (Å²) in [6, 6.07) is 8.75. The molecule has 0 saturated carbocycles. The number of hydrogen-bond donors (Lipinski definition) is 1. The fourth-order valence-electron chi connectivity index (χ4n) is 2.70. The lowest BCUT2D eigenvalue weighted by Crippen LogP contribution is -2.15. The van der Waals surface area contributed by atoms with Crippen molar-refractivity contribution in [3.05, 3.63) is 35.9 Å². The molecule has 0 saturated heterocycles. The molecule has 146 valence electrons. The highest BCUT2D eigenvalue weighted by Gasteiger charge is 2.18. The Labute approximate surface area is 159 Å². The fraction of sp³-hybridized carbons (Fsp3) is 0.350. The minimum Gasteiger partial charge on any atom is -0.493 e. The predicted octanol–water partition coefficient (Wildman–Crippen LogP) is 3.30. The predicted molar refractivity (Wildman–Crippen MR) is 103 cm³/mol. The van der Waals surface area contributed by atoms with E-state index in [0.29, 0.717) is 46.6 Å². The zero-order valence-corrected chi connectivity index (χ0v) is 16.3. The molecule has 0 aliphatic rings. The van der Waals surface area contributed by atoms with Gasteiger partial charge in [0.25, 0.3) is 0 Å². The third-order valence-corrected chi connectivity index (χ3v) is 3.88. The quantitative estimate of drug-likeness (QED) is 0.725. The number of methoxy groups -OCH3 is 4. The van der Waals surface area contributed by atoms with Crippen molar-refractivity contribution in [1.29, 1.82) is 0 Å². The molecule has 7 nitrogen and oxygen atoms in total. The van der Waals surface area contributed by atoms with Crippen molar-refractivity contribution in [1.82, 2.24) is 0 Å². The van der Waals surface area contributed by atoms with Gasteiger partial charge >= 0.3 is 0 Å². The van der Waals surface area contributed by atoms with E-state index in [1.54, 1.807) is 44.6 Å². The SMILES string of the molecule is CCOc1ccc(NC(=O)Cc2ccc(OC)c(OC)c2OC)cc1OC. The van der Waals surface area contributed by atoms with Crippen LogP contribution in [0.5, 0.6) is 28.7 Å². The minimum absolute atomic E-state index is 0.110. The molecule has 0 aliphatic carbocycles. The average molecular weight is 375 g/mol. The lowest BCUT2D eigenvalue weighted by atomic mass is 10.1.